The molecule has 1 saturated heterocycles. The molecule has 1 fully saturated rings. The van der Waals surface area contributed by atoms with Crippen LogP contribution in [0.25, 0.3) is 0 Å². The Labute approximate surface area is 170 Å². The van der Waals surface area contributed by atoms with Crippen molar-refractivity contribution in [1.82, 2.24) is 10.2 Å². The Bertz CT molecular complexity index is 833. The van der Waals surface area contributed by atoms with Crippen LogP contribution in [0.2, 0.25) is 0 Å². The molecule has 0 bridgehead atoms. The average Bonchev–Trinajstić information content (AvgIpc) is 2.72. The van der Waals surface area contributed by atoms with Crippen LogP contribution in [0.4, 0.5) is 4.39 Å². The number of piperazine rings is 1. The van der Waals surface area contributed by atoms with E-state index in [4.69, 9.17) is 9.47 Å². The topological polar surface area (TPSA) is 50.8 Å². The second-order valence-electron chi connectivity index (χ2n) is 6.84. The third kappa shape index (κ3) is 4.56. The number of amides is 1. The highest BCUT2D eigenvalue weighted by atomic mass is 35.5. The number of benzene rings is 2. The molecule has 0 aromatic heterocycles. The molecule has 0 saturated carbocycles. The fourth-order valence-corrected chi connectivity index (χ4v) is 3.65. The number of hydrogen-bond acceptors (Lipinski definition) is 4. The summed E-state index contributed by atoms with van der Waals surface area (Å²) in [5, 5.41) is 3.30. The first-order valence-corrected chi connectivity index (χ1v) is 9.35. The van der Waals surface area contributed by atoms with Crippen LogP contribution in [0.1, 0.15) is 23.6 Å². The summed E-state index contributed by atoms with van der Waals surface area (Å²) in [6, 6.07) is 12.2. The smallest absolute Gasteiger partial charge is 0.223 e. The molecule has 0 radical (unpaired) electrons. The summed E-state index contributed by atoms with van der Waals surface area (Å²) in [5.74, 6) is 1.30. The first-order chi connectivity index (χ1) is 13.2. The highest BCUT2D eigenvalue weighted by molar-refractivity contribution is 5.85. The van der Waals surface area contributed by atoms with Crippen LogP contribution in [0.3, 0.4) is 0 Å². The van der Waals surface area contributed by atoms with E-state index in [1.807, 2.05) is 29.2 Å². The molecular formula is C21H24ClFN2O3. The van der Waals surface area contributed by atoms with Crippen molar-refractivity contribution in [2.45, 2.75) is 18.9 Å². The summed E-state index contributed by atoms with van der Waals surface area (Å²) in [6.45, 7) is 3.13. The van der Waals surface area contributed by atoms with Gasteiger partial charge in [-0.15, -0.1) is 12.4 Å². The van der Waals surface area contributed by atoms with Gasteiger partial charge in [-0.05, 0) is 41.8 Å². The van der Waals surface area contributed by atoms with Gasteiger partial charge in [0, 0.05) is 26.1 Å². The Morgan fingerprint density at radius 3 is 2.79 bits per heavy atom. The third-order valence-corrected chi connectivity index (χ3v) is 5.03. The molecule has 1 N–H and O–H groups in total. The number of rotatable bonds is 4. The fourth-order valence-electron chi connectivity index (χ4n) is 3.65. The van der Waals surface area contributed by atoms with Gasteiger partial charge in [-0.3, -0.25) is 4.79 Å². The van der Waals surface area contributed by atoms with Crippen molar-refractivity contribution in [3.8, 4) is 11.5 Å². The van der Waals surface area contributed by atoms with Gasteiger partial charge < -0.3 is 19.7 Å². The molecule has 1 atom stereocenters. The van der Waals surface area contributed by atoms with E-state index in [0.29, 0.717) is 39.1 Å². The van der Waals surface area contributed by atoms with Gasteiger partial charge >= 0.3 is 0 Å². The molecule has 0 spiro atoms. The van der Waals surface area contributed by atoms with Gasteiger partial charge in [-0.1, -0.05) is 18.2 Å². The molecule has 2 aromatic rings. The molecule has 1 unspecified atom stereocenters. The summed E-state index contributed by atoms with van der Waals surface area (Å²) in [6.07, 6.45) is 1.04. The number of aryl methyl sites for hydroxylation is 1. The third-order valence-electron chi connectivity index (χ3n) is 5.03. The van der Waals surface area contributed by atoms with Crippen LogP contribution in [0, 0.1) is 5.82 Å². The summed E-state index contributed by atoms with van der Waals surface area (Å²) >= 11 is 0. The van der Waals surface area contributed by atoms with Crippen LogP contribution >= 0.6 is 12.4 Å². The lowest BCUT2D eigenvalue weighted by Gasteiger charge is -2.36. The number of ether oxygens (including phenoxy) is 2. The number of nitrogens with zero attached hydrogens (tertiary/aromatic N) is 1. The van der Waals surface area contributed by atoms with E-state index < -0.39 is 0 Å². The highest BCUT2D eigenvalue weighted by Crippen LogP contribution is 2.31. The van der Waals surface area contributed by atoms with Gasteiger partial charge in [0.05, 0.1) is 6.04 Å². The van der Waals surface area contributed by atoms with E-state index in [9.17, 15) is 9.18 Å². The maximum Gasteiger partial charge on any atom is 0.223 e. The lowest BCUT2D eigenvalue weighted by molar-refractivity contribution is -0.134. The monoisotopic (exact) mass is 406 g/mol. The van der Waals surface area contributed by atoms with Crippen molar-refractivity contribution in [1.29, 1.82) is 0 Å². The molecule has 4 rings (SSSR count). The number of halogens is 2. The first-order valence-electron chi connectivity index (χ1n) is 9.35. The number of carbonyl (C=O) groups excluding carboxylic acids is 1. The van der Waals surface area contributed by atoms with Crippen LogP contribution in [-0.2, 0) is 11.2 Å². The second-order valence-corrected chi connectivity index (χ2v) is 6.84. The van der Waals surface area contributed by atoms with Gasteiger partial charge in [0.25, 0.3) is 0 Å². The molecule has 5 nitrogen and oxygen atoms in total. The van der Waals surface area contributed by atoms with E-state index in [0.717, 1.165) is 29.2 Å². The second kappa shape index (κ2) is 9.26. The van der Waals surface area contributed by atoms with Gasteiger partial charge in [0.15, 0.2) is 11.5 Å². The van der Waals surface area contributed by atoms with Crippen molar-refractivity contribution in [3.63, 3.8) is 0 Å². The highest BCUT2D eigenvalue weighted by Gasteiger charge is 2.27. The largest absolute Gasteiger partial charge is 0.486 e. The van der Waals surface area contributed by atoms with Crippen molar-refractivity contribution in [2.24, 2.45) is 0 Å². The maximum atomic E-state index is 13.6. The molecule has 2 aliphatic heterocycles. The lowest BCUT2D eigenvalue weighted by atomic mass is 10.0. The molecule has 2 aromatic carbocycles. The van der Waals surface area contributed by atoms with Crippen molar-refractivity contribution < 1.29 is 18.7 Å². The molecule has 7 heteroatoms. The normalized spacial score (nSPS) is 18.3. The summed E-state index contributed by atoms with van der Waals surface area (Å²) in [7, 11) is 0. The predicted octanol–water partition coefficient (Wildman–Crippen LogP) is 3.12. The number of fused-ring (bicyclic) bond motifs is 1. The van der Waals surface area contributed by atoms with E-state index >= 15 is 0 Å². The predicted molar refractivity (Wildman–Crippen MR) is 107 cm³/mol. The van der Waals surface area contributed by atoms with E-state index in [2.05, 4.69) is 5.32 Å². The minimum absolute atomic E-state index is 0. The number of nitrogens with one attached hydrogen (secondary N) is 1. The molecule has 2 aliphatic rings. The van der Waals surface area contributed by atoms with E-state index in [-0.39, 0.29) is 30.2 Å². The molecule has 0 aliphatic carbocycles. The summed E-state index contributed by atoms with van der Waals surface area (Å²) in [4.78, 5) is 14.7. The Morgan fingerprint density at radius 2 is 1.96 bits per heavy atom. The average molecular weight is 407 g/mol. The van der Waals surface area contributed by atoms with Gasteiger partial charge in [-0.2, -0.15) is 0 Å². The molecular weight excluding hydrogens is 383 g/mol. The van der Waals surface area contributed by atoms with Crippen LogP contribution in [0.15, 0.2) is 42.5 Å². The zero-order valence-corrected chi connectivity index (χ0v) is 16.3. The minimum atomic E-state index is -0.276. The zero-order valence-electron chi connectivity index (χ0n) is 15.5. The van der Waals surface area contributed by atoms with Crippen LogP contribution < -0.4 is 14.8 Å². The first kappa shape index (κ1) is 20.4. The number of carbonyl (C=O) groups is 1. The van der Waals surface area contributed by atoms with Crippen molar-refractivity contribution in [3.05, 3.63) is 59.4 Å². The van der Waals surface area contributed by atoms with Crippen LogP contribution in [-0.4, -0.2) is 43.7 Å². The Morgan fingerprint density at radius 1 is 1.14 bits per heavy atom. The Kier molecular flexibility index (Phi) is 6.75. The number of hydrogen-bond donors (Lipinski definition) is 1. The summed E-state index contributed by atoms with van der Waals surface area (Å²) < 4.78 is 24.8. The zero-order chi connectivity index (χ0) is 18.6. The van der Waals surface area contributed by atoms with Crippen molar-refractivity contribution >= 4 is 18.3 Å². The van der Waals surface area contributed by atoms with Crippen LogP contribution in [0.5, 0.6) is 11.5 Å². The quantitative estimate of drug-likeness (QED) is 0.847. The fraction of sp³-hybridized carbons (Fsp3) is 0.381. The van der Waals surface area contributed by atoms with Gasteiger partial charge in [-0.25, -0.2) is 4.39 Å². The van der Waals surface area contributed by atoms with E-state index in [1.165, 1.54) is 12.1 Å². The van der Waals surface area contributed by atoms with Gasteiger partial charge in [0.2, 0.25) is 5.91 Å². The molecule has 1 amide bonds. The van der Waals surface area contributed by atoms with Crippen molar-refractivity contribution in [2.75, 3.05) is 32.8 Å². The minimum Gasteiger partial charge on any atom is -0.486 e. The SMILES string of the molecule is Cl.O=C(CCc1ccc2c(c1)OCCO2)N1CCNCC1c1cccc(F)c1. The lowest BCUT2D eigenvalue weighted by Crippen LogP contribution is -2.48. The maximum absolute atomic E-state index is 13.6. The Hall–Kier alpha value is -2.31. The summed E-state index contributed by atoms with van der Waals surface area (Å²) in [5.41, 5.74) is 1.87. The molecule has 28 heavy (non-hydrogen) atoms. The standard InChI is InChI=1S/C21H23FN2O3.ClH/c22-17-3-1-2-16(13-17)18-14-23-8-9-24(18)21(25)7-5-15-4-6-19-20(12-15)27-11-10-26-19;/h1-4,6,12-13,18,23H,5,7-11,14H2;1H. The Balaban J connectivity index is 0.00000225. The molecule has 150 valence electrons. The van der Waals surface area contributed by atoms with Gasteiger partial charge in [0.1, 0.15) is 19.0 Å². The molecule has 2 heterocycles. The van der Waals surface area contributed by atoms with E-state index in [1.54, 1.807) is 6.07 Å².